The summed E-state index contributed by atoms with van der Waals surface area (Å²) in [6.07, 6.45) is 5.26. The monoisotopic (exact) mass is 308 g/mol. The van der Waals surface area contributed by atoms with Crippen LogP contribution in [-0.2, 0) is 6.54 Å². The average Bonchev–Trinajstić information content (AvgIpc) is 2.40. The van der Waals surface area contributed by atoms with E-state index in [1.807, 2.05) is 30.3 Å². The molecule has 2 heterocycles. The molecule has 0 saturated carbocycles. The first-order chi connectivity index (χ1) is 8.70. The van der Waals surface area contributed by atoms with Crippen molar-refractivity contribution in [3.8, 4) is 5.88 Å². The van der Waals surface area contributed by atoms with E-state index >= 15 is 0 Å². The van der Waals surface area contributed by atoms with Gasteiger partial charge in [0, 0.05) is 26.0 Å². The standard InChI is InChI=1S/C12H13BrN4O/c1-17(8-9-4-3-5-14-6-9)12-15-7-10(13)11(16-12)18-2/h3-7H,8H2,1-2H3. The van der Waals surface area contributed by atoms with Crippen LogP contribution in [0.1, 0.15) is 5.56 Å². The molecule has 0 aromatic carbocycles. The Hall–Kier alpha value is -1.69. The van der Waals surface area contributed by atoms with Gasteiger partial charge in [0.2, 0.25) is 11.8 Å². The predicted molar refractivity (Wildman–Crippen MR) is 72.6 cm³/mol. The van der Waals surface area contributed by atoms with E-state index in [4.69, 9.17) is 4.74 Å². The van der Waals surface area contributed by atoms with Crippen LogP contribution in [0.3, 0.4) is 0 Å². The second kappa shape index (κ2) is 5.77. The first-order valence-corrected chi connectivity index (χ1v) is 6.16. The summed E-state index contributed by atoms with van der Waals surface area (Å²) in [4.78, 5) is 14.6. The minimum Gasteiger partial charge on any atom is -0.480 e. The van der Waals surface area contributed by atoms with E-state index < -0.39 is 0 Å². The molecule has 0 amide bonds. The molecule has 0 radical (unpaired) electrons. The number of ether oxygens (including phenoxy) is 1. The summed E-state index contributed by atoms with van der Waals surface area (Å²) < 4.78 is 5.89. The Balaban J connectivity index is 2.16. The van der Waals surface area contributed by atoms with Crippen LogP contribution in [0.25, 0.3) is 0 Å². The molecule has 0 spiro atoms. The Kier molecular flexibility index (Phi) is 4.09. The minimum atomic E-state index is 0.526. The molecule has 0 N–H and O–H groups in total. The number of rotatable bonds is 4. The third kappa shape index (κ3) is 2.95. The predicted octanol–water partition coefficient (Wildman–Crippen LogP) is 2.28. The molecular weight excluding hydrogens is 296 g/mol. The van der Waals surface area contributed by atoms with Gasteiger partial charge in [-0.2, -0.15) is 4.98 Å². The van der Waals surface area contributed by atoms with E-state index in [9.17, 15) is 0 Å². The molecule has 0 aliphatic rings. The molecule has 18 heavy (non-hydrogen) atoms. The summed E-state index contributed by atoms with van der Waals surface area (Å²) in [7, 11) is 3.51. The van der Waals surface area contributed by atoms with Gasteiger partial charge in [-0.1, -0.05) is 6.07 Å². The zero-order valence-corrected chi connectivity index (χ0v) is 11.8. The molecule has 0 aliphatic heterocycles. The van der Waals surface area contributed by atoms with Crippen molar-refractivity contribution < 1.29 is 4.74 Å². The Morgan fingerprint density at radius 3 is 2.89 bits per heavy atom. The number of aromatic nitrogens is 3. The molecule has 5 nitrogen and oxygen atoms in total. The number of hydrogen-bond acceptors (Lipinski definition) is 5. The van der Waals surface area contributed by atoms with Gasteiger partial charge in [0.05, 0.1) is 17.8 Å². The summed E-state index contributed by atoms with van der Waals surface area (Å²) in [5.74, 6) is 1.14. The van der Waals surface area contributed by atoms with E-state index in [0.717, 1.165) is 10.0 Å². The van der Waals surface area contributed by atoms with E-state index in [1.165, 1.54) is 0 Å². The van der Waals surface area contributed by atoms with Gasteiger partial charge in [-0.15, -0.1) is 0 Å². The van der Waals surface area contributed by atoms with E-state index in [1.54, 1.807) is 19.5 Å². The van der Waals surface area contributed by atoms with Crippen LogP contribution < -0.4 is 9.64 Å². The van der Waals surface area contributed by atoms with Crippen molar-refractivity contribution >= 4 is 21.9 Å². The van der Waals surface area contributed by atoms with Crippen LogP contribution in [0, 0.1) is 0 Å². The summed E-state index contributed by atoms with van der Waals surface area (Å²) in [6, 6.07) is 3.92. The smallest absolute Gasteiger partial charge is 0.232 e. The third-order valence-electron chi connectivity index (χ3n) is 2.38. The molecule has 0 aliphatic carbocycles. The number of halogens is 1. The zero-order chi connectivity index (χ0) is 13.0. The Bertz CT molecular complexity index is 521. The lowest BCUT2D eigenvalue weighted by Gasteiger charge is -2.17. The number of nitrogens with zero attached hydrogens (tertiary/aromatic N) is 4. The number of methoxy groups -OCH3 is 1. The Morgan fingerprint density at radius 2 is 2.22 bits per heavy atom. The number of pyridine rings is 1. The Morgan fingerprint density at radius 1 is 1.39 bits per heavy atom. The van der Waals surface area contributed by atoms with Gasteiger partial charge < -0.3 is 9.64 Å². The molecule has 2 rings (SSSR count). The van der Waals surface area contributed by atoms with E-state index in [2.05, 4.69) is 30.9 Å². The van der Waals surface area contributed by atoms with Crippen molar-refractivity contribution in [2.75, 3.05) is 19.1 Å². The maximum Gasteiger partial charge on any atom is 0.232 e. The van der Waals surface area contributed by atoms with Crippen molar-refractivity contribution in [3.63, 3.8) is 0 Å². The molecule has 0 saturated heterocycles. The quantitative estimate of drug-likeness (QED) is 0.867. The summed E-state index contributed by atoms with van der Waals surface area (Å²) in [5, 5.41) is 0. The molecule has 94 valence electrons. The van der Waals surface area contributed by atoms with Gasteiger partial charge >= 0.3 is 0 Å². The number of hydrogen-bond donors (Lipinski definition) is 0. The van der Waals surface area contributed by atoms with Crippen molar-refractivity contribution in [2.24, 2.45) is 0 Å². The molecule has 0 atom stereocenters. The first kappa shape index (κ1) is 12.8. The molecule has 6 heteroatoms. The van der Waals surface area contributed by atoms with E-state index in [-0.39, 0.29) is 0 Å². The summed E-state index contributed by atoms with van der Waals surface area (Å²) in [6.45, 7) is 0.693. The van der Waals surface area contributed by atoms with Crippen LogP contribution in [0.15, 0.2) is 35.2 Å². The summed E-state index contributed by atoms with van der Waals surface area (Å²) >= 11 is 3.33. The van der Waals surface area contributed by atoms with Crippen molar-refractivity contribution in [3.05, 3.63) is 40.8 Å². The molecule has 0 unspecified atom stereocenters. The average molecular weight is 309 g/mol. The van der Waals surface area contributed by atoms with Crippen LogP contribution >= 0.6 is 15.9 Å². The molecular formula is C12H13BrN4O. The highest BCUT2D eigenvalue weighted by Gasteiger charge is 2.09. The maximum absolute atomic E-state index is 5.15. The van der Waals surface area contributed by atoms with Gasteiger partial charge in [-0.3, -0.25) is 4.98 Å². The third-order valence-corrected chi connectivity index (χ3v) is 2.92. The van der Waals surface area contributed by atoms with Gasteiger partial charge in [0.25, 0.3) is 0 Å². The fraction of sp³-hybridized carbons (Fsp3) is 0.250. The Labute approximate surface area is 114 Å². The second-order valence-corrected chi connectivity index (χ2v) is 4.60. The van der Waals surface area contributed by atoms with Crippen LogP contribution in [0.2, 0.25) is 0 Å². The fourth-order valence-electron chi connectivity index (χ4n) is 1.51. The highest BCUT2D eigenvalue weighted by molar-refractivity contribution is 9.10. The van der Waals surface area contributed by atoms with Crippen molar-refractivity contribution in [1.29, 1.82) is 0 Å². The lowest BCUT2D eigenvalue weighted by molar-refractivity contribution is 0.394. The summed E-state index contributed by atoms with van der Waals surface area (Å²) in [5.41, 5.74) is 1.10. The largest absolute Gasteiger partial charge is 0.480 e. The van der Waals surface area contributed by atoms with Crippen molar-refractivity contribution in [2.45, 2.75) is 6.54 Å². The van der Waals surface area contributed by atoms with Gasteiger partial charge in [-0.05, 0) is 27.6 Å². The fourth-order valence-corrected chi connectivity index (χ4v) is 1.86. The van der Waals surface area contributed by atoms with Crippen LogP contribution in [0.4, 0.5) is 5.95 Å². The molecule has 0 fully saturated rings. The molecule has 2 aromatic rings. The zero-order valence-electron chi connectivity index (χ0n) is 10.2. The van der Waals surface area contributed by atoms with Crippen molar-refractivity contribution in [1.82, 2.24) is 15.0 Å². The van der Waals surface area contributed by atoms with Gasteiger partial charge in [-0.25, -0.2) is 4.98 Å². The molecule has 2 aromatic heterocycles. The highest BCUT2D eigenvalue weighted by Crippen LogP contribution is 2.23. The topological polar surface area (TPSA) is 51.1 Å². The van der Waals surface area contributed by atoms with E-state index in [0.29, 0.717) is 18.4 Å². The number of anilines is 1. The van der Waals surface area contributed by atoms with Crippen LogP contribution in [-0.4, -0.2) is 29.1 Å². The SMILES string of the molecule is COc1nc(N(C)Cc2cccnc2)ncc1Br. The second-order valence-electron chi connectivity index (χ2n) is 3.74. The lowest BCUT2D eigenvalue weighted by atomic mass is 10.3. The maximum atomic E-state index is 5.15. The first-order valence-electron chi connectivity index (χ1n) is 5.37. The van der Waals surface area contributed by atoms with Gasteiger partial charge in [0.15, 0.2) is 0 Å². The minimum absolute atomic E-state index is 0.526. The lowest BCUT2D eigenvalue weighted by Crippen LogP contribution is -2.19. The molecule has 0 bridgehead atoms. The van der Waals surface area contributed by atoms with Crippen LogP contribution in [0.5, 0.6) is 5.88 Å². The normalized spacial score (nSPS) is 10.2. The highest BCUT2D eigenvalue weighted by atomic mass is 79.9. The van der Waals surface area contributed by atoms with Gasteiger partial charge in [0.1, 0.15) is 0 Å².